The van der Waals surface area contributed by atoms with Crippen molar-refractivity contribution in [2.24, 2.45) is 0 Å². The molecular weight excluding hydrogens is 462 g/mol. The molecule has 6 heteroatoms. The van der Waals surface area contributed by atoms with Crippen LogP contribution in [0, 0.1) is 0 Å². The first-order valence-electron chi connectivity index (χ1n) is 11.1. The molecule has 0 bridgehead atoms. The molecule has 0 amide bonds. The van der Waals surface area contributed by atoms with Gasteiger partial charge in [0.05, 0.1) is 24.6 Å². The first-order valence-corrected chi connectivity index (χ1v) is 15.2. The van der Waals surface area contributed by atoms with Crippen LogP contribution in [0.3, 0.4) is 0 Å². The standard InChI is InChI=1S/C28H28P.H3O4P/c1-5-13-25(14-6-1)21-29(22-26-15-7-2-8-16-26,23-27-17-9-3-10-18-27)24-28-19-11-4-12-20-28;1-5(2,3)4/h1-20H,21-24H2;(H3,1,2,3,4)/q+1;/p+3. The van der Waals surface area contributed by atoms with Crippen LogP contribution in [0.25, 0.3) is 0 Å². The number of hydrogen-bond acceptors (Lipinski definition) is 1. The normalized spacial score (nSPS) is 11.4. The lowest BCUT2D eigenvalue weighted by atomic mass is 10.2. The van der Waals surface area contributed by atoms with Crippen LogP contribution in [-0.4, -0.2) is 14.7 Å². The van der Waals surface area contributed by atoms with Crippen molar-refractivity contribution < 1.29 is 23.5 Å². The van der Waals surface area contributed by atoms with E-state index >= 15 is 0 Å². The Kier molecular flexibility index (Phi) is 9.77. The van der Waals surface area contributed by atoms with Crippen LogP contribution < -0.4 is 0 Å². The van der Waals surface area contributed by atoms with Gasteiger partial charge in [-0.3, -0.25) is 0 Å². The van der Waals surface area contributed by atoms with E-state index in [0.29, 0.717) is 0 Å². The van der Waals surface area contributed by atoms with Crippen LogP contribution in [0.2, 0.25) is 0 Å². The fourth-order valence-electron chi connectivity index (χ4n) is 4.22. The van der Waals surface area contributed by atoms with Crippen molar-refractivity contribution in [2.75, 3.05) is 0 Å². The molecule has 0 aliphatic heterocycles. The molecule has 0 radical (unpaired) electrons. The van der Waals surface area contributed by atoms with Gasteiger partial charge in [0.2, 0.25) is 0 Å². The molecule has 0 spiro atoms. The number of rotatable bonds is 8. The summed E-state index contributed by atoms with van der Waals surface area (Å²) in [6.45, 7) is 0. The Morgan fingerprint density at radius 2 is 0.647 bits per heavy atom. The van der Waals surface area contributed by atoms with Crippen LogP contribution in [0.15, 0.2) is 121 Å². The third kappa shape index (κ3) is 9.73. The monoisotopic (exact) mass is 496 g/mol. The van der Waals surface area contributed by atoms with Gasteiger partial charge in [-0.2, -0.15) is 0 Å². The zero-order valence-electron chi connectivity index (χ0n) is 22.0. The Bertz CT molecular complexity index is 983. The molecular formula is C28H34O4P2+4. The van der Waals surface area contributed by atoms with E-state index in [4.69, 9.17) is 19.2 Å². The molecule has 0 aliphatic carbocycles. The fraction of sp³-hybridized carbons (Fsp3) is 0.143. The van der Waals surface area contributed by atoms with Crippen molar-refractivity contribution >= 4 is 15.1 Å². The lowest BCUT2D eigenvalue weighted by molar-refractivity contribution is 0.275. The summed E-state index contributed by atoms with van der Waals surface area (Å²) in [6, 6.07) is 44.3. The topological polar surface area (TPSA) is 77.8 Å². The molecule has 0 fully saturated rings. The summed E-state index contributed by atoms with van der Waals surface area (Å²) in [5.74, 6) is 0. The average molecular weight is 497 g/mol. The summed E-state index contributed by atoms with van der Waals surface area (Å²) in [5.41, 5.74) is 5.85. The van der Waals surface area contributed by atoms with Gasteiger partial charge in [0, 0.05) is 7.26 Å². The molecule has 3 N–H and O–H groups in total. The predicted molar refractivity (Wildman–Crippen MR) is 145 cm³/mol. The number of hydrogen-bond donors (Lipinski definition) is 3. The molecule has 0 heterocycles. The van der Waals surface area contributed by atoms with Gasteiger partial charge in [0.25, 0.3) is 0 Å². The molecule has 0 aromatic heterocycles. The van der Waals surface area contributed by atoms with Gasteiger partial charge in [-0.25, -0.2) is 4.57 Å². The van der Waals surface area contributed by atoms with Gasteiger partial charge in [-0.1, -0.05) is 121 Å². The highest BCUT2D eigenvalue weighted by molar-refractivity contribution is 7.72. The third-order valence-corrected chi connectivity index (χ3v) is 9.59. The smallest absolute Gasteiger partial charge is 0.303 e. The molecule has 4 aromatic carbocycles. The SMILES string of the molecule is O=P(O)(O)O.[H+].[H+].[H+].c1ccc(C[P+](Cc2ccccc2)(Cc2ccccc2)Cc2ccccc2)cc1. The first kappa shape index (κ1) is 26.0. The Morgan fingerprint density at radius 1 is 0.471 bits per heavy atom. The molecule has 0 atom stereocenters. The zero-order chi connectivity index (χ0) is 24.3. The van der Waals surface area contributed by atoms with Crippen molar-refractivity contribution in [1.82, 2.24) is 0 Å². The maximum absolute atomic E-state index is 8.88. The van der Waals surface area contributed by atoms with Crippen molar-refractivity contribution in [1.29, 1.82) is 0 Å². The molecule has 0 saturated heterocycles. The largest absolute Gasteiger partial charge is 1.00 e. The highest BCUT2D eigenvalue weighted by atomic mass is 31.2. The maximum atomic E-state index is 8.88. The third-order valence-electron chi connectivity index (χ3n) is 5.44. The highest BCUT2D eigenvalue weighted by Gasteiger charge is 2.38. The molecule has 0 aliphatic rings. The maximum Gasteiger partial charge on any atom is 1.00 e. The van der Waals surface area contributed by atoms with E-state index in [1.165, 1.54) is 46.9 Å². The van der Waals surface area contributed by atoms with E-state index in [1.807, 2.05) is 0 Å². The van der Waals surface area contributed by atoms with Gasteiger partial charge in [-0.15, -0.1) is 0 Å². The second-order valence-corrected chi connectivity index (χ2v) is 13.4. The molecule has 0 saturated carbocycles. The van der Waals surface area contributed by atoms with Crippen molar-refractivity contribution in [3.05, 3.63) is 144 Å². The van der Waals surface area contributed by atoms with Crippen LogP contribution in [-0.2, 0) is 29.2 Å². The molecule has 0 unspecified atom stereocenters. The summed E-state index contributed by atoms with van der Waals surface area (Å²) >= 11 is 0. The summed E-state index contributed by atoms with van der Waals surface area (Å²) in [7, 11) is -6.02. The molecule has 34 heavy (non-hydrogen) atoms. The van der Waals surface area contributed by atoms with Gasteiger partial charge < -0.3 is 14.7 Å². The van der Waals surface area contributed by atoms with Crippen LogP contribution in [0.4, 0.5) is 0 Å². The molecule has 4 rings (SSSR count). The Morgan fingerprint density at radius 3 is 0.824 bits per heavy atom. The van der Waals surface area contributed by atoms with E-state index < -0.39 is 15.1 Å². The highest BCUT2D eigenvalue weighted by Crippen LogP contribution is 2.68. The van der Waals surface area contributed by atoms with E-state index in [1.54, 1.807) is 0 Å². The number of phosphoric acid groups is 1. The summed E-state index contributed by atoms with van der Waals surface area (Å²) in [4.78, 5) is 21.6. The lowest BCUT2D eigenvalue weighted by Gasteiger charge is -2.29. The average Bonchev–Trinajstić information content (AvgIpc) is 2.80. The first-order chi connectivity index (χ1) is 16.3. The van der Waals surface area contributed by atoms with Crippen LogP contribution in [0.1, 0.15) is 26.5 Å². The van der Waals surface area contributed by atoms with E-state index in [0.717, 1.165) is 0 Å². The Labute approximate surface area is 207 Å². The summed E-state index contributed by atoms with van der Waals surface area (Å²) < 4.78 is 8.88. The van der Waals surface area contributed by atoms with Gasteiger partial charge >= 0.3 is 12.1 Å². The Hall–Kier alpha value is -2.58. The van der Waals surface area contributed by atoms with Crippen molar-refractivity contribution in [3.8, 4) is 0 Å². The zero-order valence-corrected chi connectivity index (χ0v) is 20.8. The van der Waals surface area contributed by atoms with Crippen LogP contribution >= 0.6 is 15.1 Å². The Balaban J connectivity index is 0.00000148. The second-order valence-electron chi connectivity index (χ2n) is 8.43. The second kappa shape index (κ2) is 12.8. The molecule has 4 aromatic rings. The van der Waals surface area contributed by atoms with E-state index in [2.05, 4.69) is 121 Å². The predicted octanol–water partition coefficient (Wildman–Crippen LogP) is 7.21. The number of benzene rings is 4. The lowest BCUT2D eigenvalue weighted by Crippen LogP contribution is -2.08. The van der Waals surface area contributed by atoms with E-state index in [-0.39, 0.29) is 4.28 Å². The van der Waals surface area contributed by atoms with Crippen molar-refractivity contribution in [2.45, 2.75) is 24.6 Å². The minimum absolute atomic E-state index is 0. The van der Waals surface area contributed by atoms with Gasteiger partial charge in [0.15, 0.2) is 0 Å². The van der Waals surface area contributed by atoms with Gasteiger partial charge in [0.1, 0.15) is 0 Å². The fourth-order valence-corrected chi connectivity index (χ4v) is 8.83. The quantitative estimate of drug-likeness (QED) is 0.225. The van der Waals surface area contributed by atoms with Gasteiger partial charge in [-0.05, 0) is 22.3 Å². The molecule has 4 nitrogen and oxygen atoms in total. The minimum atomic E-state index is -4.64. The molecule has 176 valence electrons. The van der Waals surface area contributed by atoms with Crippen LogP contribution in [0.5, 0.6) is 0 Å². The van der Waals surface area contributed by atoms with Crippen molar-refractivity contribution in [3.63, 3.8) is 0 Å². The summed E-state index contributed by atoms with van der Waals surface area (Å²) in [5, 5.41) is 0. The minimum Gasteiger partial charge on any atom is -0.303 e. The summed E-state index contributed by atoms with van der Waals surface area (Å²) in [6.07, 6.45) is 4.69. The van der Waals surface area contributed by atoms with E-state index in [9.17, 15) is 0 Å².